The van der Waals surface area contributed by atoms with Crippen LogP contribution in [0.25, 0.3) is 0 Å². The first-order valence-electron chi connectivity index (χ1n) is 7.46. The van der Waals surface area contributed by atoms with Crippen molar-refractivity contribution in [2.24, 2.45) is 11.8 Å². The zero-order valence-electron chi connectivity index (χ0n) is 13.7. The van der Waals surface area contributed by atoms with Crippen LogP contribution in [0.2, 0.25) is 0 Å². The number of ether oxygens (including phenoxy) is 1. The van der Waals surface area contributed by atoms with E-state index < -0.39 is 11.9 Å². The van der Waals surface area contributed by atoms with Gasteiger partial charge in [0.15, 0.2) is 0 Å². The Hall–Kier alpha value is -2.04. The van der Waals surface area contributed by atoms with Crippen LogP contribution >= 0.6 is 0 Å². The third-order valence-electron chi connectivity index (χ3n) is 3.44. The van der Waals surface area contributed by atoms with E-state index >= 15 is 0 Å². The monoisotopic (exact) mass is 307 g/mol. The molecule has 1 aromatic rings. The van der Waals surface area contributed by atoms with Crippen LogP contribution in [0.4, 0.5) is 0 Å². The molecule has 0 saturated heterocycles. The quantitative estimate of drug-likeness (QED) is 0.773. The molecular formula is C17H25NO4. The minimum atomic E-state index is -0.873. The molecular weight excluding hydrogens is 282 g/mol. The molecule has 0 aliphatic heterocycles. The third-order valence-corrected chi connectivity index (χ3v) is 3.44. The summed E-state index contributed by atoms with van der Waals surface area (Å²) >= 11 is 0. The summed E-state index contributed by atoms with van der Waals surface area (Å²) in [5.74, 6) is -0.683. The number of nitrogens with one attached hydrogen (secondary N) is 1. The fourth-order valence-corrected chi connectivity index (χ4v) is 2.36. The van der Waals surface area contributed by atoms with E-state index in [2.05, 4.69) is 5.32 Å². The number of carbonyl (C=O) groups is 2. The fraction of sp³-hybridized carbons (Fsp3) is 0.529. The summed E-state index contributed by atoms with van der Waals surface area (Å²) < 4.78 is 5.24. The lowest BCUT2D eigenvalue weighted by molar-refractivity contribution is -0.142. The van der Waals surface area contributed by atoms with Crippen molar-refractivity contribution in [3.05, 3.63) is 29.3 Å². The van der Waals surface area contributed by atoms with E-state index in [9.17, 15) is 14.7 Å². The summed E-state index contributed by atoms with van der Waals surface area (Å²) in [6.07, 6.45) is 0.724. The van der Waals surface area contributed by atoms with Crippen LogP contribution in [0.1, 0.15) is 31.4 Å². The van der Waals surface area contributed by atoms with Crippen LogP contribution in [0, 0.1) is 18.8 Å². The second kappa shape index (κ2) is 8.41. The number of rotatable bonds is 8. The average Bonchev–Trinajstić information content (AvgIpc) is 2.43. The summed E-state index contributed by atoms with van der Waals surface area (Å²) in [5.41, 5.74) is 1.85. The van der Waals surface area contributed by atoms with Crippen LogP contribution in [0.15, 0.2) is 18.2 Å². The first kappa shape index (κ1) is 18.0. The van der Waals surface area contributed by atoms with Crippen LogP contribution in [-0.2, 0) is 16.0 Å². The Morgan fingerprint density at radius 3 is 2.55 bits per heavy atom. The van der Waals surface area contributed by atoms with Gasteiger partial charge < -0.3 is 15.2 Å². The molecule has 0 aromatic heterocycles. The lowest BCUT2D eigenvalue weighted by atomic mass is 9.97. The molecule has 1 amide bonds. The van der Waals surface area contributed by atoms with Gasteiger partial charge in [0.2, 0.25) is 5.91 Å². The number of aryl methyl sites for hydroxylation is 1. The van der Waals surface area contributed by atoms with Gasteiger partial charge >= 0.3 is 5.97 Å². The van der Waals surface area contributed by atoms with E-state index in [1.807, 2.05) is 39.0 Å². The third kappa shape index (κ3) is 5.76. The van der Waals surface area contributed by atoms with Gasteiger partial charge in [-0.3, -0.25) is 9.59 Å². The van der Waals surface area contributed by atoms with Gasteiger partial charge in [-0.1, -0.05) is 31.5 Å². The van der Waals surface area contributed by atoms with E-state index in [4.69, 9.17) is 4.74 Å². The first-order valence-corrected chi connectivity index (χ1v) is 7.46. The molecule has 0 bridgehead atoms. The Morgan fingerprint density at radius 1 is 1.32 bits per heavy atom. The fourth-order valence-electron chi connectivity index (χ4n) is 2.36. The zero-order chi connectivity index (χ0) is 16.7. The molecule has 5 heteroatoms. The molecule has 1 atom stereocenters. The summed E-state index contributed by atoms with van der Waals surface area (Å²) in [4.78, 5) is 23.2. The molecule has 1 unspecified atom stereocenters. The minimum absolute atomic E-state index is 0.153. The Bertz CT molecular complexity index is 525. The predicted octanol–water partition coefficient (Wildman–Crippen LogP) is 2.41. The standard InChI is InChI=1S/C17H25NO4/c1-11(2)7-14(17(20)21)10-18-16(19)9-13-8-12(3)5-6-15(13)22-4/h5-6,8,11,14H,7,9-10H2,1-4H3,(H,18,19)(H,20,21). The van der Waals surface area contributed by atoms with Gasteiger partial charge in [0.25, 0.3) is 0 Å². The Morgan fingerprint density at radius 2 is 2.00 bits per heavy atom. The molecule has 0 saturated carbocycles. The summed E-state index contributed by atoms with van der Waals surface area (Å²) in [6.45, 7) is 6.04. The first-order chi connectivity index (χ1) is 10.3. The van der Waals surface area contributed by atoms with Crippen molar-refractivity contribution in [3.63, 3.8) is 0 Å². The van der Waals surface area contributed by atoms with Crippen molar-refractivity contribution < 1.29 is 19.4 Å². The van der Waals surface area contributed by atoms with E-state index in [-0.39, 0.29) is 24.8 Å². The lowest BCUT2D eigenvalue weighted by Crippen LogP contribution is -2.34. The predicted molar refractivity (Wildman–Crippen MR) is 85.0 cm³/mol. The van der Waals surface area contributed by atoms with Gasteiger partial charge in [0, 0.05) is 12.1 Å². The molecule has 2 N–H and O–H groups in total. The molecule has 0 fully saturated rings. The number of amides is 1. The van der Waals surface area contributed by atoms with Gasteiger partial charge in [-0.15, -0.1) is 0 Å². The van der Waals surface area contributed by atoms with Crippen molar-refractivity contribution in [2.75, 3.05) is 13.7 Å². The number of carbonyl (C=O) groups excluding carboxylic acids is 1. The smallest absolute Gasteiger partial charge is 0.308 e. The molecule has 1 aromatic carbocycles. The van der Waals surface area contributed by atoms with Crippen molar-refractivity contribution in [1.29, 1.82) is 0 Å². The molecule has 0 aliphatic carbocycles. The number of methoxy groups -OCH3 is 1. The van der Waals surface area contributed by atoms with Crippen molar-refractivity contribution in [2.45, 2.75) is 33.6 Å². The number of carboxylic acids is 1. The number of carboxylic acid groups (broad SMARTS) is 1. The van der Waals surface area contributed by atoms with E-state index in [0.717, 1.165) is 11.1 Å². The van der Waals surface area contributed by atoms with Gasteiger partial charge in [0.05, 0.1) is 19.4 Å². The van der Waals surface area contributed by atoms with E-state index in [1.54, 1.807) is 7.11 Å². The minimum Gasteiger partial charge on any atom is -0.496 e. The van der Waals surface area contributed by atoms with Gasteiger partial charge in [-0.05, 0) is 25.3 Å². The number of benzene rings is 1. The molecule has 0 aliphatic rings. The van der Waals surface area contributed by atoms with E-state index in [0.29, 0.717) is 12.2 Å². The van der Waals surface area contributed by atoms with Crippen molar-refractivity contribution >= 4 is 11.9 Å². The average molecular weight is 307 g/mol. The molecule has 122 valence electrons. The molecule has 22 heavy (non-hydrogen) atoms. The molecule has 5 nitrogen and oxygen atoms in total. The highest BCUT2D eigenvalue weighted by molar-refractivity contribution is 5.80. The molecule has 0 radical (unpaired) electrons. The topological polar surface area (TPSA) is 75.6 Å². The van der Waals surface area contributed by atoms with Gasteiger partial charge in [-0.25, -0.2) is 0 Å². The molecule has 0 spiro atoms. The van der Waals surface area contributed by atoms with Crippen LogP contribution in [-0.4, -0.2) is 30.6 Å². The van der Waals surface area contributed by atoms with Crippen LogP contribution in [0.5, 0.6) is 5.75 Å². The Balaban J connectivity index is 2.62. The van der Waals surface area contributed by atoms with E-state index in [1.165, 1.54) is 0 Å². The summed E-state index contributed by atoms with van der Waals surface area (Å²) in [6, 6.07) is 5.65. The maximum absolute atomic E-state index is 12.0. The maximum Gasteiger partial charge on any atom is 0.308 e. The van der Waals surface area contributed by atoms with Gasteiger partial charge in [-0.2, -0.15) is 0 Å². The SMILES string of the molecule is COc1ccc(C)cc1CC(=O)NCC(CC(C)C)C(=O)O. The molecule has 0 heterocycles. The largest absolute Gasteiger partial charge is 0.496 e. The Labute approximate surface area is 131 Å². The van der Waals surface area contributed by atoms with Gasteiger partial charge in [0.1, 0.15) is 5.75 Å². The lowest BCUT2D eigenvalue weighted by Gasteiger charge is -2.16. The normalized spacial score (nSPS) is 12.0. The maximum atomic E-state index is 12.0. The van der Waals surface area contributed by atoms with Crippen molar-refractivity contribution in [1.82, 2.24) is 5.32 Å². The second-order valence-corrected chi connectivity index (χ2v) is 5.96. The van der Waals surface area contributed by atoms with Crippen molar-refractivity contribution in [3.8, 4) is 5.75 Å². The number of aliphatic carboxylic acids is 1. The summed E-state index contributed by atoms with van der Waals surface area (Å²) in [7, 11) is 1.56. The zero-order valence-corrected chi connectivity index (χ0v) is 13.7. The van der Waals surface area contributed by atoms with Crippen LogP contribution < -0.4 is 10.1 Å². The van der Waals surface area contributed by atoms with Crippen LogP contribution in [0.3, 0.4) is 0 Å². The highest BCUT2D eigenvalue weighted by Crippen LogP contribution is 2.20. The number of hydrogen-bond donors (Lipinski definition) is 2. The molecule has 1 rings (SSSR count). The number of hydrogen-bond acceptors (Lipinski definition) is 3. The highest BCUT2D eigenvalue weighted by atomic mass is 16.5. The second-order valence-electron chi connectivity index (χ2n) is 5.96. The Kier molecular flexibility index (Phi) is 6.89. The highest BCUT2D eigenvalue weighted by Gasteiger charge is 2.20. The summed E-state index contributed by atoms with van der Waals surface area (Å²) in [5, 5.41) is 11.9.